The Morgan fingerprint density at radius 2 is 1.93 bits per heavy atom. The molecule has 30 heavy (non-hydrogen) atoms. The van der Waals surface area contributed by atoms with Crippen LogP contribution in [0.25, 0.3) is 11.0 Å². The molecule has 10 nitrogen and oxygen atoms in total. The summed E-state index contributed by atoms with van der Waals surface area (Å²) in [5.41, 5.74) is 2.08. The summed E-state index contributed by atoms with van der Waals surface area (Å²) in [4.78, 5) is 24.2. The van der Waals surface area contributed by atoms with E-state index < -0.39 is 43.5 Å². The number of amides is 2. The van der Waals surface area contributed by atoms with Crippen molar-refractivity contribution in [2.45, 2.75) is 56.6 Å². The number of hydrogen-bond donors (Lipinski definition) is 6. The van der Waals surface area contributed by atoms with Crippen LogP contribution in [0.2, 0.25) is 0 Å². The highest BCUT2D eigenvalue weighted by atomic mass is 16.3. The molecule has 0 saturated carbocycles. The lowest BCUT2D eigenvalue weighted by Gasteiger charge is -2.28. The Hall–Kier alpha value is -2.24. The van der Waals surface area contributed by atoms with Crippen molar-refractivity contribution in [2.75, 3.05) is 25.1 Å². The number of fused-ring (bicyclic) bond motifs is 1. The van der Waals surface area contributed by atoms with E-state index in [-0.39, 0.29) is 0 Å². The van der Waals surface area contributed by atoms with Gasteiger partial charge in [0.1, 0.15) is 18.0 Å². The molecule has 2 aliphatic heterocycles. The van der Waals surface area contributed by atoms with Gasteiger partial charge in [0.15, 0.2) is 0 Å². The molecule has 164 valence electrons. The lowest BCUT2D eigenvalue weighted by Crippen LogP contribution is -2.48. The quantitative estimate of drug-likeness (QED) is 0.395. The van der Waals surface area contributed by atoms with E-state index in [1.807, 2.05) is 0 Å². The lowest BCUT2D eigenvalue weighted by atomic mass is 10.1. The Morgan fingerprint density at radius 1 is 1.23 bits per heavy atom. The van der Waals surface area contributed by atoms with Crippen LogP contribution < -0.4 is 5.32 Å². The van der Waals surface area contributed by atoms with E-state index in [0.29, 0.717) is 11.7 Å². The number of aliphatic hydroxyl groups excluding tert-OH is 4. The van der Waals surface area contributed by atoms with Crippen molar-refractivity contribution < 1.29 is 25.2 Å². The number of aliphatic hydroxyl groups is 4. The third-order valence-corrected chi connectivity index (χ3v) is 6.29. The highest BCUT2D eigenvalue weighted by molar-refractivity contribution is 5.92. The molecule has 2 saturated heterocycles. The summed E-state index contributed by atoms with van der Waals surface area (Å²) in [6.07, 6.45) is -0.270. The average molecular weight is 419 g/mol. The summed E-state index contributed by atoms with van der Waals surface area (Å²) in [7, 11) is 0. The fraction of sp³-hybridized carbons (Fsp3) is 0.600. The number of nitrogens with zero attached hydrogens (tertiary/aromatic N) is 3. The Kier molecular flexibility index (Phi) is 5.94. The molecule has 0 aliphatic carbocycles. The number of H-pyrrole nitrogens is 1. The first-order valence-corrected chi connectivity index (χ1v) is 10.3. The van der Waals surface area contributed by atoms with Crippen molar-refractivity contribution in [2.24, 2.45) is 0 Å². The summed E-state index contributed by atoms with van der Waals surface area (Å²) in [6.45, 7) is 2.97. The van der Waals surface area contributed by atoms with Gasteiger partial charge in [0.25, 0.3) is 0 Å². The molecule has 1 aromatic heterocycles. The number of likely N-dealkylation sites (tertiary alicyclic amines) is 2. The van der Waals surface area contributed by atoms with Gasteiger partial charge in [-0.05, 0) is 44.5 Å². The molecule has 3 heterocycles. The minimum absolute atomic E-state index is 0.501. The van der Waals surface area contributed by atoms with E-state index in [1.54, 1.807) is 18.2 Å². The fourth-order valence-electron chi connectivity index (χ4n) is 4.55. The predicted molar refractivity (Wildman–Crippen MR) is 110 cm³/mol. The van der Waals surface area contributed by atoms with Crippen LogP contribution in [0.15, 0.2) is 18.2 Å². The molecular formula is C20H29N5O5. The van der Waals surface area contributed by atoms with Crippen molar-refractivity contribution in [3.8, 4) is 0 Å². The summed E-state index contributed by atoms with van der Waals surface area (Å²) < 4.78 is 0. The molecule has 2 aliphatic rings. The minimum Gasteiger partial charge on any atom is -0.394 e. The van der Waals surface area contributed by atoms with Gasteiger partial charge in [0.2, 0.25) is 0 Å². The number of carbonyl (C=O) groups excluding carboxylic acids is 1. The number of carbonyl (C=O) groups is 1. The molecular weight excluding hydrogens is 390 g/mol. The molecule has 2 fully saturated rings. The van der Waals surface area contributed by atoms with E-state index in [9.17, 15) is 25.2 Å². The Bertz CT molecular complexity index is 889. The molecule has 0 bridgehead atoms. The number of aromatic amines is 1. The summed E-state index contributed by atoms with van der Waals surface area (Å²) >= 11 is 0. The number of hydrogen-bond acceptors (Lipinski definition) is 7. The zero-order valence-electron chi connectivity index (χ0n) is 16.9. The van der Waals surface area contributed by atoms with Crippen molar-refractivity contribution >= 4 is 22.8 Å². The third kappa shape index (κ3) is 3.77. The SMILES string of the molecule is C[C@H]1CCCN1Cc1nc2ccc(NC(=O)N3C(CO)C(O)C(O)C3CO)cc2[nH]1. The molecule has 10 heteroatoms. The largest absolute Gasteiger partial charge is 0.394 e. The Morgan fingerprint density at radius 3 is 2.53 bits per heavy atom. The van der Waals surface area contributed by atoms with Crippen LogP contribution in [0.4, 0.5) is 10.5 Å². The fourth-order valence-corrected chi connectivity index (χ4v) is 4.55. The van der Waals surface area contributed by atoms with Crippen molar-refractivity contribution in [3.05, 3.63) is 24.0 Å². The number of urea groups is 1. The predicted octanol–water partition coefficient (Wildman–Crippen LogP) is -0.162. The highest BCUT2D eigenvalue weighted by Crippen LogP contribution is 2.27. The van der Waals surface area contributed by atoms with Crippen LogP contribution in [0.5, 0.6) is 0 Å². The van der Waals surface area contributed by atoms with Gasteiger partial charge in [-0.25, -0.2) is 9.78 Å². The summed E-state index contributed by atoms with van der Waals surface area (Å²) in [6, 6.07) is 3.21. The molecule has 2 amide bonds. The van der Waals surface area contributed by atoms with E-state index in [2.05, 4.69) is 27.1 Å². The first kappa shape index (κ1) is 21.0. The molecule has 0 radical (unpaired) electrons. The number of nitrogens with one attached hydrogen (secondary N) is 2. The van der Waals surface area contributed by atoms with Gasteiger partial charge in [-0.1, -0.05) is 0 Å². The summed E-state index contributed by atoms with van der Waals surface area (Å²) in [5, 5.41) is 41.9. The Labute approximate surface area is 174 Å². The molecule has 4 rings (SSSR count). The average Bonchev–Trinajstić information content (AvgIpc) is 3.38. The topological polar surface area (TPSA) is 145 Å². The first-order chi connectivity index (χ1) is 14.4. The van der Waals surface area contributed by atoms with Gasteiger partial charge in [0.05, 0.1) is 42.9 Å². The molecule has 0 spiro atoms. The van der Waals surface area contributed by atoms with Gasteiger partial charge in [-0.3, -0.25) is 4.90 Å². The zero-order chi connectivity index (χ0) is 21.4. The maximum Gasteiger partial charge on any atom is 0.322 e. The number of anilines is 1. The number of imidazole rings is 1. The highest BCUT2D eigenvalue weighted by Gasteiger charge is 2.49. The van der Waals surface area contributed by atoms with Crippen molar-refractivity contribution in [1.82, 2.24) is 19.8 Å². The van der Waals surface area contributed by atoms with Crippen molar-refractivity contribution in [1.29, 1.82) is 0 Å². The molecule has 5 atom stereocenters. The minimum atomic E-state index is -1.33. The third-order valence-electron chi connectivity index (χ3n) is 6.29. The van der Waals surface area contributed by atoms with Crippen LogP contribution >= 0.6 is 0 Å². The lowest BCUT2D eigenvalue weighted by molar-refractivity contribution is 0.0130. The van der Waals surface area contributed by atoms with Crippen LogP contribution in [0.3, 0.4) is 0 Å². The number of rotatable bonds is 5. The van der Waals surface area contributed by atoms with Crippen LogP contribution in [0.1, 0.15) is 25.6 Å². The normalized spacial score (nSPS) is 29.8. The van der Waals surface area contributed by atoms with Crippen LogP contribution in [-0.4, -0.2) is 96.3 Å². The van der Waals surface area contributed by atoms with Crippen LogP contribution in [-0.2, 0) is 6.54 Å². The maximum absolute atomic E-state index is 12.8. The smallest absolute Gasteiger partial charge is 0.322 e. The van der Waals surface area contributed by atoms with Gasteiger partial charge < -0.3 is 35.6 Å². The second-order valence-corrected chi connectivity index (χ2v) is 8.20. The Balaban J connectivity index is 1.50. The zero-order valence-corrected chi connectivity index (χ0v) is 16.9. The second-order valence-electron chi connectivity index (χ2n) is 8.20. The van der Waals surface area contributed by atoms with Crippen LogP contribution in [0, 0.1) is 0 Å². The number of benzene rings is 1. The second kappa shape index (κ2) is 8.48. The number of aromatic nitrogens is 2. The monoisotopic (exact) mass is 419 g/mol. The van der Waals surface area contributed by atoms with E-state index in [1.165, 1.54) is 12.8 Å². The van der Waals surface area contributed by atoms with E-state index in [0.717, 1.165) is 34.8 Å². The van der Waals surface area contributed by atoms with E-state index in [4.69, 9.17) is 0 Å². The molecule has 6 N–H and O–H groups in total. The molecule has 4 unspecified atom stereocenters. The van der Waals surface area contributed by atoms with Gasteiger partial charge in [-0.2, -0.15) is 0 Å². The van der Waals surface area contributed by atoms with Gasteiger partial charge in [-0.15, -0.1) is 0 Å². The standard InChI is InChI=1S/C20H29N5O5/c1-11-3-2-6-24(11)8-17-22-13-5-4-12(7-14(13)23-17)21-20(30)25-15(9-26)18(28)19(29)16(25)10-27/h4-5,7,11,15-16,18-19,26-29H,2-3,6,8-10H2,1H3,(H,21,30)(H,22,23)/t11-,15?,16?,18?,19?/m0/s1. The molecule has 1 aromatic carbocycles. The summed E-state index contributed by atoms with van der Waals surface area (Å²) in [5.74, 6) is 0.869. The maximum atomic E-state index is 12.8. The van der Waals surface area contributed by atoms with E-state index >= 15 is 0 Å². The van der Waals surface area contributed by atoms with Crippen molar-refractivity contribution in [3.63, 3.8) is 0 Å². The first-order valence-electron chi connectivity index (χ1n) is 10.3. The molecule has 2 aromatic rings. The van der Waals surface area contributed by atoms with Gasteiger partial charge in [0, 0.05) is 11.7 Å². The van der Waals surface area contributed by atoms with Gasteiger partial charge >= 0.3 is 6.03 Å².